The zero-order valence-corrected chi connectivity index (χ0v) is 10.0. The van der Waals surface area contributed by atoms with Gasteiger partial charge < -0.3 is 19.0 Å². The molecule has 0 aliphatic heterocycles. The first-order valence-corrected chi connectivity index (χ1v) is 5.52. The molecule has 0 atom stereocenters. The molecule has 0 radical (unpaired) electrons. The molecule has 1 heterocycles. The van der Waals surface area contributed by atoms with Gasteiger partial charge in [0.2, 0.25) is 0 Å². The molecular formula is C14H12O5. The minimum atomic E-state index is -0.551. The molecule has 2 aromatic rings. The highest BCUT2D eigenvalue weighted by atomic mass is 16.5. The van der Waals surface area contributed by atoms with Gasteiger partial charge in [-0.05, 0) is 12.1 Å². The van der Waals surface area contributed by atoms with E-state index in [0.29, 0.717) is 17.3 Å². The van der Waals surface area contributed by atoms with Crippen LogP contribution in [0.15, 0.2) is 53.7 Å². The Morgan fingerprint density at radius 1 is 1.32 bits per heavy atom. The molecule has 0 bridgehead atoms. The van der Waals surface area contributed by atoms with Crippen LogP contribution in [0.2, 0.25) is 0 Å². The molecule has 0 spiro atoms. The summed E-state index contributed by atoms with van der Waals surface area (Å²) in [6, 6.07) is 8.11. The molecule has 0 fully saturated rings. The predicted molar refractivity (Wildman–Crippen MR) is 66.9 cm³/mol. The number of rotatable bonds is 5. The van der Waals surface area contributed by atoms with Crippen molar-refractivity contribution in [3.63, 3.8) is 0 Å². The highest BCUT2D eigenvalue weighted by molar-refractivity contribution is 5.81. The first-order valence-electron chi connectivity index (χ1n) is 5.52. The summed E-state index contributed by atoms with van der Waals surface area (Å²) in [4.78, 5) is 11.0. The largest absolute Gasteiger partial charge is 0.504 e. The third kappa shape index (κ3) is 3.16. The lowest BCUT2D eigenvalue weighted by molar-refractivity contribution is -0.139. The molecule has 0 saturated carbocycles. The van der Waals surface area contributed by atoms with Gasteiger partial charge in [-0.15, -0.1) is 0 Å². The Bertz CT molecular complexity index is 585. The fourth-order valence-electron chi connectivity index (χ4n) is 1.38. The predicted octanol–water partition coefficient (Wildman–Crippen LogP) is 3.01. The summed E-state index contributed by atoms with van der Waals surface area (Å²) in [5.74, 6) is 0.472. The van der Waals surface area contributed by atoms with Gasteiger partial charge in [-0.25, -0.2) is 4.79 Å². The number of phenols is 1. The van der Waals surface area contributed by atoms with Crippen LogP contribution in [0.3, 0.4) is 0 Å². The second kappa shape index (κ2) is 5.77. The number of carbonyl (C=O) groups excluding carboxylic acids is 1. The average Bonchev–Trinajstić information content (AvgIpc) is 2.86. The molecule has 0 aliphatic rings. The maximum atomic E-state index is 11.0. The van der Waals surface area contributed by atoms with E-state index in [4.69, 9.17) is 13.9 Å². The SMILES string of the molecule is C=CC(=O)OCc1occc1Oc1ccccc1O. The zero-order valence-electron chi connectivity index (χ0n) is 10.0. The number of hydrogen-bond donors (Lipinski definition) is 1. The van der Waals surface area contributed by atoms with Crippen molar-refractivity contribution in [2.24, 2.45) is 0 Å². The van der Waals surface area contributed by atoms with Crippen LogP contribution in [0.1, 0.15) is 5.76 Å². The maximum absolute atomic E-state index is 11.0. The molecule has 5 nitrogen and oxygen atoms in total. The number of aromatic hydroxyl groups is 1. The number of ether oxygens (including phenoxy) is 2. The first kappa shape index (κ1) is 12.8. The third-order valence-electron chi connectivity index (χ3n) is 2.30. The molecular weight excluding hydrogens is 248 g/mol. The Morgan fingerprint density at radius 2 is 2.11 bits per heavy atom. The van der Waals surface area contributed by atoms with E-state index in [1.165, 1.54) is 12.3 Å². The molecule has 0 unspecified atom stereocenters. The zero-order chi connectivity index (χ0) is 13.7. The van der Waals surface area contributed by atoms with Crippen LogP contribution in [0.25, 0.3) is 0 Å². The molecule has 1 N–H and O–H groups in total. The van der Waals surface area contributed by atoms with E-state index in [9.17, 15) is 9.90 Å². The van der Waals surface area contributed by atoms with Crippen molar-refractivity contribution in [1.82, 2.24) is 0 Å². The summed E-state index contributed by atoms with van der Waals surface area (Å²) < 4.78 is 15.5. The van der Waals surface area contributed by atoms with E-state index in [0.717, 1.165) is 6.08 Å². The summed E-state index contributed by atoms with van der Waals surface area (Å²) in [5.41, 5.74) is 0. The number of phenolic OH excluding ortho intramolecular Hbond substituents is 1. The van der Waals surface area contributed by atoms with Crippen molar-refractivity contribution < 1.29 is 23.8 Å². The molecule has 98 valence electrons. The lowest BCUT2D eigenvalue weighted by Gasteiger charge is -2.07. The van der Waals surface area contributed by atoms with Gasteiger partial charge >= 0.3 is 5.97 Å². The van der Waals surface area contributed by atoms with Crippen molar-refractivity contribution in [2.45, 2.75) is 6.61 Å². The van der Waals surface area contributed by atoms with Gasteiger partial charge in [-0.1, -0.05) is 18.7 Å². The van der Waals surface area contributed by atoms with Crippen molar-refractivity contribution in [2.75, 3.05) is 0 Å². The number of carbonyl (C=O) groups is 1. The summed E-state index contributed by atoms with van der Waals surface area (Å²) in [6.45, 7) is 3.22. The minimum Gasteiger partial charge on any atom is -0.504 e. The number of furan rings is 1. The van der Waals surface area contributed by atoms with Crippen LogP contribution in [0, 0.1) is 0 Å². The topological polar surface area (TPSA) is 68.9 Å². The molecule has 0 saturated heterocycles. The molecule has 1 aromatic heterocycles. The molecule has 5 heteroatoms. The highest BCUT2D eigenvalue weighted by Gasteiger charge is 2.12. The van der Waals surface area contributed by atoms with E-state index >= 15 is 0 Å². The van der Waals surface area contributed by atoms with Gasteiger partial charge in [0.25, 0.3) is 0 Å². The third-order valence-corrected chi connectivity index (χ3v) is 2.30. The molecule has 0 amide bonds. The lowest BCUT2D eigenvalue weighted by atomic mass is 10.3. The normalized spacial score (nSPS) is 9.89. The molecule has 19 heavy (non-hydrogen) atoms. The quantitative estimate of drug-likeness (QED) is 0.661. The Morgan fingerprint density at radius 3 is 2.84 bits per heavy atom. The van der Waals surface area contributed by atoms with E-state index < -0.39 is 5.97 Å². The Kier molecular flexibility index (Phi) is 3.87. The van der Waals surface area contributed by atoms with Gasteiger partial charge in [0.1, 0.15) is 0 Å². The average molecular weight is 260 g/mol. The minimum absolute atomic E-state index is 0.0118. The standard InChI is InChI=1S/C14H12O5/c1-2-14(16)18-9-13-12(7-8-17-13)19-11-6-4-3-5-10(11)15/h2-8,15H,1,9H2. The van der Waals surface area contributed by atoms with Crippen molar-refractivity contribution >= 4 is 5.97 Å². The summed E-state index contributed by atoms with van der Waals surface area (Å²) >= 11 is 0. The summed E-state index contributed by atoms with van der Waals surface area (Å²) in [7, 11) is 0. The van der Waals surface area contributed by atoms with E-state index in [2.05, 4.69) is 6.58 Å². The number of hydrogen-bond acceptors (Lipinski definition) is 5. The fourth-order valence-corrected chi connectivity index (χ4v) is 1.38. The number of para-hydroxylation sites is 2. The second-order valence-corrected chi connectivity index (χ2v) is 3.59. The van der Waals surface area contributed by atoms with Crippen molar-refractivity contribution in [3.05, 3.63) is 55.0 Å². The van der Waals surface area contributed by atoms with Crippen LogP contribution >= 0.6 is 0 Å². The van der Waals surface area contributed by atoms with E-state index in [1.807, 2.05) is 0 Å². The van der Waals surface area contributed by atoms with Gasteiger partial charge in [-0.2, -0.15) is 0 Å². The second-order valence-electron chi connectivity index (χ2n) is 3.59. The van der Waals surface area contributed by atoms with Gasteiger partial charge in [0.05, 0.1) is 6.26 Å². The van der Waals surface area contributed by atoms with Crippen LogP contribution in [-0.2, 0) is 16.1 Å². The molecule has 2 rings (SSSR count). The van der Waals surface area contributed by atoms with Gasteiger partial charge in [0, 0.05) is 12.1 Å². The monoisotopic (exact) mass is 260 g/mol. The van der Waals surface area contributed by atoms with Gasteiger partial charge in [0.15, 0.2) is 29.6 Å². The molecule has 1 aromatic carbocycles. The van der Waals surface area contributed by atoms with E-state index in [1.54, 1.807) is 24.3 Å². The maximum Gasteiger partial charge on any atom is 0.330 e. The van der Waals surface area contributed by atoms with E-state index in [-0.39, 0.29) is 12.4 Å². The van der Waals surface area contributed by atoms with Crippen LogP contribution in [0.4, 0.5) is 0 Å². The lowest BCUT2D eigenvalue weighted by Crippen LogP contribution is -2.00. The first-order chi connectivity index (χ1) is 9.20. The molecule has 0 aliphatic carbocycles. The Hall–Kier alpha value is -2.69. The number of esters is 1. The summed E-state index contributed by atoms with van der Waals surface area (Å²) in [6.07, 6.45) is 2.47. The summed E-state index contributed by atoms with van der Waals surface area (Å²) in [5, 5.41) is 9.60. The fraction of sp³-hybridized carbons (Fsp3) is 0.0714. The Balaban J connectivity index is 2.09. The van der Waals surface area contributed by atoms with Crippen molar-refractivity contribution in [3.8, 4) is 17.2 Å². The highest BCUT2D eigenvalue weighted by Crippen LogP contribution is 2.32. The van der Waals surface area contributed by atoms with Crippen LogP contribution < -0.4 is 4.74 Å². The Labute approximate surface area is 109 Å². The van der Waals surface area contributed by atoms with Crippen LogP contribution in [0.5, 0.6) is 17.2 Å². The number of benzene rings is 1. The smallest absolute Gasteiger partial charge is 0.330 e. The van der Waals surface area contributed by atoms with Gasteiger partial charge in [-0.3, -0.25) is 0 Å². The van der Waals surface area contributed by atoms with Crippen molar-refractivity contribution in [1.29, 1.82) is 0 Å². The van der Waals surface area contributed by atoms with Crippen LogP contribution in [-0.4, -0.2) is 11.1 Å².